The molecule has 0 aromatic heterocycles. The molecule has 2 N–H and O–H groups in total. The van der Waals surface area contributed by atoms with Crippen LogP contribution in [0.25, 0.3) is 0 Å². The van der Waals surface area contributed by atoms with E-state index >= 15 is 0 Å². The van der Waals surface area contributed by atoms with Crippen LogP contribution < -0.4 is 14.8 Å². The second-order valence-corrected chi connectivity index (χ2v) is 8.15. The maximum absolute atomic E-state index is 13.0. The van der Waals surface area contributed by atoms with Crippen molar-refractivity contribution < 1.29 is 22.3 Å². The van der Waals surface area contributed by atoms with Gasteiger partial charge in [-0.3, -0.25) is 9.52 Å². The Labute approximate surface area is 174 Å². The van der Waals surface area contributed by atoms with Gasteiger partial charge >= 0.3 is 0 Å². The third kappa shape index (κ3) is 5.81. The summed E-state index contributed by atoms with van der Waals surface area (Å²) in [5.41, 5.74) is 1.86. The Kier molecular flexibility index (Phi) is 6.68. The molecule has 0 fully saturated rings. The number of amides is 1. The Morgan fingerprint density at radius 3 is 2.10 bits per heavy atom. The van der Waals surface area contributed by atoms with Crippen molar-refractivity contribution in [2.24, 2.45) is 0 Å². The van der Waals surface area contributed by atoms with E-state index in [0.717, 1.165) is 18.6 Å². The minimum Gasteiger partial charge on any atom is -0.484 e. The fraction of sp³-hybridized carbons (Fsp3) is 0.136. The normalized spacial score (nSPS) is 11.0. The van der Waals surface area contributed by atoms with Crippen LogP contribution in [-0.4, -0.2) is 20.9 Å². The highest BCUT2D eigenvalue weighted by Crippen LogP contribution is 2.19. The molecule has 0 spiro atoms. The minimum atomic E-state index is -3.83. The molecule has 0 aliphatic heterocycles. The lowest BCUT2D eigenvalue weighted by Gasteiger charge is -2.10. The Bertz CT molecular complexity index is 1100. The molecule has 1 amide bonds. The summed E-state index contributed by atoms with van der Waals surface area (Å²) >= 11 is 0. The van der Waals surface area contributed by atoms with E-state index in [2.05, 4.69) is 17.0 Å². The first-order chi connectivity index (χ1) is 14.4. The molecular formula is C22H21FN2O4S. The first kappa shape index (κ1) is 21.3. The summed E-state index contributed by atoms with van der Waals surface area (Å²) in [6.45, 7) is 1.89. The predicted molar refractivity (Wildman–Crippen MR) is 114 cm³/mol. The van der Waals surface area contributed by atoms with Crippen molar-refractivity contribution in [2.75, 3.05) is 16.6 Å². The van der Waals surface area contributed by atoms with Crippen LogP contribution in [0.3, 0.4) is 0 Å². The molecule has 0 radical (unpaired) electrons. The molecule has 156 valence electrons. The maximum atomic E-state index is 13.0. The molecule has 0 heterocycles. The number of carbonyl (C=O) groups excluding carboxylic acids is 1. The van der Waals surface area contributed by atoms with Gasteiger partial charge in [0, 0.05) is 11.4 Å². The van der Waals surface area contributed by atoms with Crippen molar-refractivity contribution in [2.45, 2.75) is 18.2 Å². The van der Waals surface area contributed by atoms with Crippen LogP contribution in [-0.2, 0) is 21.2 Å². The second-order valence-electron chi connectivity index (χ2n) is 6.47. The SMILES string of the molecule is CCc1ccc(OCC(=O)Nc2ccc(S(=O)(=O)Nc3ccc(F)cc3)cc2)cc1. The molecule has 0 atom stereocenters. The molecule has 6 nitrogen and oxygen atoms in total. The number of hydrogen-bond donors (Lipinski definition) is 2. The van der Waals surface area contributed by atoms with Crippen molar-refractivity contribution in [3.8, 4) is 5.75 Å². The molecule has 8 heteroatoms. The van der Waals surface area contributed by atoms with Gasteiger partial charge in [0.2, 0.25) is 0 Å². The molecule has 30 heavy (non-hydrogen) atoms. The lowest BCUT2D eigenvalue weighted by Crippen LogP contribution is -2.20. The lowest BCUT2D eigenvalue weighted by atomic mass is 10.2. The van der Waals surface area contributed by atoms with Gasteiger partial charge in [-0.2, -0.15) is 0 Å². The van der Waals surface area contributed by atoms with Crippen LogP contribution >= 0.6 is 0 Å². The van der Waals surface area contributed by atoms with E-state index in [1.807, 2.05) is 12.1 Å². The van der Waals surface area contributed by atoms with Gasteiger partial charge < -0.3 is 10.1 Å². The molecule has 0 saturated heterocycles. The zero-order valence-corrected chi connectivity index (χ0v) is 17.1. The molecule has 3 aromatic carbocycles. The van der Waals surface area contributed by atoms with Gasteiger partial charge in [-0.15, -0.1) is 0 Å². The van der Waals surface area contributed by atoms with Crippen molar-refractivity contribution in [3.63, 3.8) is 0 Å². The average molecular weight is 428 g/mol. The van der Waals surface area contributed by atoms with E-state index in [4.69, 9.17) is 4.74 Å². The number of anilines is 2. The van der Waals surface area contributed by atoms with Gasteiger partial charge in [-0.1, -0.05) is 19.1 Å². The zero-order chi connectivity index (χ0) is 21.6. The van der Waals surface area contributed by atoms with Crippen LogP contribution in [0.4, 0.5) is 15.8 Å². The van der Waals surface area contributed by atoms with Crippen LogP contribution in [0.5, 0.6) is 5.75 Å². The minimum absolute atomic E-state index is 0.0112. The maximum Gasteiger partial charge on any atom is 0.262 e. The molecular weight excluding hydrogens is 407 g/mol. The number of hydrogen-bond acceptors (Lipinski definition) is 4. The molecule has 0 bridgehead atoms. The molecule has 0 aliphatic rings. The summed E-state index contributed by atoms with van der Waals surface area (Å²) in [5.74, 6) is -0.231. The third-order valence-corrected chi connectivity index (χ3v) is 5.64. The fourth-order valence-corrected chi connectivity index (χ4v) is 3.68. The smallest absolute Gasteiger partial charge is 0.262 e. The number of benzene rings is 3. The van der Waals surface area contributed by atoms with Gasteiger partial charge in [-0.25, -0.2) is 12.8 Å². The third-order valence-electron chi connectivity index (χ3n) is 4.25. The fourth-order valence-electron chi connectivity index (χ4n) is 2.62. The van der Waals surface area contributed by atoms with Crippen LogP contribution in [0.1, 0.15) is 12.5 Å². The van der Waals surface area contributed by atoms with E-state index in [9.17, 15) is 17.6 Å². The Balaban J connectivity index is 1.56. The van der Waals surface area contributed by atoms with Gasteiger partial charge in [0.1, 0.15) is 11.6 Å². The topological polar surface area (TPSA) is 84.5 Å². The van der Waals surface area contributed by atoms with Crippen LogP contribution in [0, 0.1) is 5.82 Å². The highest BCUT2D eigenvalue weighted by molar-refractivity contribution is 7.92. The molecule has 0 saturated carbocycles. The lowest BCUT2D eigenvalue weighted by molar-refractivity contribution is -0.118. The van der Waals surface area contributed by atoms with E-state index < -0.39 is 15.8 Å². The first-order valence-corrected chi connectivity index (χ1v) is 10.7. The van der Waals surface area contributed by atoms with E-state index in [1.165, 1.54) is 42.0 Å². The van der Waals surface area contributed by atoms with Gasteiger partial charge in [0.05, 0.1) is 4.90 Å². The summed E-state index contributed by atoms with van der Waals surface area (Å²) in [6, 6.07) is 18.2. The van der Waals surface area contributed by atoms with Crippen LogP contribution in [0.15, 0.2) is 77.7 Å². The number of carbonyl (C=O) groups is 1. The number of aryl methyl sites for hydroxylation is 1. The first-order valence-electron chi connectivity index (χ1n) is 9.26. The average Bonchev–Trinajstić information content (AvgIpc) is 2.74. The highest BCUT2D eigenvalue weighted by atomic mass is 32.2. The number of sulfonamides is 1. The predicted octanol–water partition coefficient (Wildman–Crippen LogP) is 4.21. The van der Waals surface area contributed by atoms with Gasteiger partial charge in [0.25, 0.3) is 15.9 Å². The molecule has 0 aliphatic carbocycles. The van der Waals surface area contributed by atoms with Crippen molar-refractivity contribution >= 4 is 27.3 Å². The number of ether oxygens (including phenoxy) is 1. The molecule has 0 unspecified atom stereocenters. The Morgan fingerprint density at radius 1 is 0.900 bits per heavy atom. The number of halogens is 1. The summed E-state index contributed by atoms with van der Waals surface area (Å²) in [4.78, 5) is 12.1. The zero-order valence-electron chi connectivity index (χ0n) is 16.3. The van der Waals surface area contributed by atoms with E-state index in [-0.39, 0.29) is 23.1 Å². The van der Waals surface area contributed by atoms with E-state index in [1.54, 1.807) is 12.1 Å². The summed E-state index contributed by atoms with van der Waals surface area (Å²) < 4.78 is 45.6. The van der Waals surface area contributed by atoms with Crippen molar-refractivity contribution in [3.05, 3.63) is 84.2 Å². The number of nitrogens with one attached hydrogen (secondary N) is 2. The standard InChI is InChI=1S/C22H21FN2O4S/c1-2-16-3-11-20(12-4-16)29-15-22(26)24-18-9-13-21(14-10-18)30(27,28)25-19-7-5-17(23)6-8-19/h3-14,25H,2,15H2,1H3,(H,24,26). The Morgan fingerprint density at radius 2 is 1.50 bits per heavy atom. The number of rotatable bonds is 8. The van der Waals surface area contributed by atoms with E-state index in [0.29, 0.717) is 11.4 Å². The Hall–Kier alpha value is -3.39. The van der Waals surface area contributed by atoms with Crippen LogP contribution in [0.2, 0.25) is 0 Å². The van der Waals surface area contributed by atoms with Crippen molar-refractivity contribution in [1.29, 1.82) is 0 Å². The molecule has 3 rings (SSSR count). The summed E-state index contributed by atoms with van der Waals surface area (Å²) in [7, 11) is -3.83. The second kappa shape index (κ2) is 9.41. The van der Waals surface area contributed by atoms with Crippen molar-refractivity contribution in [1.82, 2.24) is 0 Å². The summed E-state index contributed by atoms with van der Waals surface area (Å²) in [6.07, 6.45) is 0.923. The molecule has 3 aromatic rings. The summed E-state index contributed by atoms with van der Waals surface area (Å²) in [5, 5.41) is 2.65. The monoisotopic (exact) mass is 428 g/mol. The quantitative estimate of drug-likeness (QED) is 0.563. The van der Waals surface area contributed by atoms with Gasteiger partial charge in [-0.05, 0) is 72.6 Å². The van der Waals surface area contributed by atoms with Gasteiger partial charge in [0.15, 0.2) is 6.61 Å². The highest BCUT2D eigenvalue weighted by Gasteiger charge is 2.14. The largest absolute Gasteiger partial charge is 0.484 e.